The van der Waals surface area contributed by atoms with E-state index in [0.29, 0.717) is 22.3 Å². The summed E-state index contributed by atoms with van der Waals surface area (Å²) in [5.74, 6) is -0.0510. The predicted octanol–water partition coefficient (Wildman–Crippen LogP) is 3.07. The highest BCUT2D eigenvalue weighted by molar-refractivity contribution is 8.18. The summed E-state index contributed by atoms with van der Waals surface area (Å²) in [6.07, 6.45) is 4.75. The summed E-state index contributed by atoms with van der Waals surface area (Å²) in [6, 6.07) is 8.15. The first-order valence-electron chi connectivity index (χ1n) is 8.41. The second-order valence-corrected chi connectivity index (χ2v) is 9.58. The lowest BCUT2D eigenvalue weighted by molar-refractivity contribution is -0.115. The molecule has 1 fully saturated rings. The molecule has 1 aromatic carbocycles. The molecule has 0 bridgehead atoms. The number of hydrogen-bond donors (Lipinski definition) is 1. The molecule has 0 spiro atoms. The van der Waals surface area contributed by atoms with Crippen LogP contribution < -0.4 is 5.32 Å². The lowest BCUT2D eigenvalue weighted by Gasteiger charge is -2.11. The van der Waals surface area contributed by atoms with Crippen LogP contribution in [0.15, 0.2) is 56.9 Å². The van der Waals surface area contributed by atoms with Gasteiger partial charge in [0.1, 0.15) is 11.3 Å². The zero-order valence-corrected chi connectivity index (χ0v) is 17.0. The molecule has 2 amide bonds. The van der Waals surface area contributed by atoms with Crippen molar-refractivity contribution in [3.63, 3.8) is 0 Å². The van der Waals surface area contributed by atoms with Crippen LogP contribution in [0.3, 0.4) is 0 Å². The van der Waals surface area contributed by atoms with Gasteiger partial charge in [-0.15, -0.1) is 0 Å². The molecule has 2 aromatic heterocycles. The third kappa shape index (κ3) is 3.57. The summed E-state index contributed by atoms with van der Waals surface area (Å²) in [5, 5.41) is 2.49. The fourth-order valence-electron chi connectivity index (χ4n) is 2.83. The zero-order chi connectivity index (χ0) is 20.8. The molecule has 0 unspecified atom stereocenters. The molecule has 0 aliphatic carbocycles. The molecular formula is C19H15N3O5S2. The van der Waals surface area contributed by atoms with Crippen molar-refractivity contribution >= 4 is 50.0 Å². The Morgan fingerprint density at radius 2 is 1.86 bits per heavy atom. The third-order valence-electron chi connectivity index (χ3n) is 4.30. The highest BCUT2D eigenvalue weighted by atomic mass is 32.2. The second-order valence-electron chi connectivity index (χ2n) is 6.42. The SMILES string of the molecule is CN(C)S(=O)(=O)c1ccc(-c2cncc3cc(C=C4SC(=O)NC4=O)oc23)cc1. The van der Waals surface area contributed by atoms with Gasteiger partial charge in [0.25, 0.3) is 11.1 Å². The van der Waals surface area contributed by atoms with Crippen LogP contribution in [0.2, 0.25) is 0 Å². The number of nitrogens with zero attached hydrogens (tertiary/aromatic N) is 2. The van der Waals surface area contributed by atoms with Gasteiger partial charge in [-0.05, 0) is 35.5 Å². The van der Waals surface area contributed by atoms with E-state index < -0.39 is 21.2 Å². The van der Waals surface area contributed by atoms with E-state index in [1.165, 1.54) is 32.3 Å². The van der Waals surface area contributed by atoms with Crippen LogP contribution in [0, 0.1) is 0 Å². The molecule has 0 saturated carbocycles. The monoisotopic (exact) mass is 429 g/mol. The summed E-state index contributed by atoms with van der Waals surface area (Å²) < 4.78 is 31.5. The number of nitrogens with one attached hydrogen (secondary N) is 1. The number of benzene rings is 1. The molecule has 8 nitrogen and oxygen atoms in total. The van der Waals surface area contributed by atoms with Gasteiger partial charge in [0.2, 0.25) is 10.0 Å². The van der Waals surface area contributed by atoms with E-state index in [2.05, 4.69) is 10.3 Å². The number of sulfonamides is 1. The maximum atomic E-state index is 12.2. The third-order valence-corrected chi connectivity index (χ3v) is 6.94. The molecule has 4 rings (SSSR count). The fraction of sp³-hybridized carbons (Fsp3) is 0.105. The van der Waals surface area contributed by atoms with Crippen molar-refractivity contribution in [1.82, 2.24) is 14.6 Å². The van der Waals surface area contributed by atoms with Crippen LogP contribution in [0.4, 0.5) is 4.79 Å². The standard InChI is InChI=1S/C19H15N3O5S2/c1-22(2)29(25,26)14-5-3-11(4-6-14)15-10-20-9-12-7-13(27-17(12)15)8-16-18(23)21-19(24)28-16/h3-10H,1-2H3,(H,21,23,24). The Labute approximate surface area is 170 Å². The number of imide groups is 1. The molecule has 3 heterocycles. The maximum absolute atomic E-state index is 12.2. The van der Waals surface area contributed by atoms with Gasteiger partial charge in [0.15, 0.2) is 0 Å². The number of rotatable bonds is 4. The van der Waals surface area contributed by atoms with E-state index in [-0.39, 0.29) is 9.80 Å². The number of amides is 2. The molecule has 3 aromatic rings. The molecule has 29 heavy (non-hydrogen) atoms. The smallest absolute Gasteiger partial charge is 0.290 e. The summed E-state index contributed by atoms with van der Waals surface area (Å²) >= 11 is 0.810. The number of thioether (sulfide) groups is 1. The van der Waals surface area contributed by atoms with Gasteiger partial charge in [-0.3, -0.25) is 19.9 Å². The Kier molecular flexibility index (Phi) is 4.77. The van der Waals surface area contributed by atoms with Gasteiger partial charge in [-0.2, -0.15) is 0 Å². The van der Waals surface area contributed by atoms with Crippen LogP contribution in [0.5, 0.6) is 0 Å². The highest BCUT2D eigenvalue weighted by Crippen LogP contribution is 2.33. The van der Waals surface area contributed by atoms with E-state index >= 15 is 0 Å². The lowest BCUT2D eigenvalue weighted by atomic mass is 10.1. The first-order valence-corrected chi connectivity index (χ1v) is 10.7. The van der Waals surface area contributed by atoms with Crippen LogP contribution >= 0.6 is 11.8 Å². The van der Waals surface area contributed by atoms with E-state index in [1.54, 1.807) is 30.6 Å². The van der Waals surface area contributed by atoms with Gasteiger partial charge in [0, 0.05) is 43.5 Å². The molecule has 148 valence electrons. The zero-order valence-electron chi connectivity index (χ0n) is 15.4. The van der Waals surface area contributed by atoms with Crippen molar-refractivity contribution < 1.29 is 22.4 Å². The molecule has 1 aliphatic rings. The Morgan fingerprint density at radius 1 is 1.14 bits per heavy atom. The van der Waals surface area contributed by atoms with E-state index in [0.717, 1.165) is 21.6 Å². The normalized spacial score (nSPS) is 16.2. The topological polar surface area (TPSA) is 110 Å². The van der Waals surface area contributed by atoms with Gasteiger partial charge >= 0.3 is 0 Å². The van der Waals surface area contributed by atoms with E-state index in [1.807, 2.05) is 0 Å². The number of pyridine rings is 1. The van der Waals surface area contributed by atoms with Crippen molar-refractivity contribution in [2.75, 3.05) is 14.1 Å². The first kappa shape index (κ1) is 19.4. The lowest BCUT2D eigenvalue weighted by Crippen LogP contribution is -2.22. The summed E-state index contributed by atoms with van der Waals surface area (Å²) in [4.78, 5) is 27.7. The van der Waals surface area contributed by atoms with E-state index in [9.17, 15) is 18.0 Å². The van der Waals surface area contributed by atoms with Gasteiger partial charge < -0.3 is 4.42 Å². The summed E-state index contributed by atoms with van der Waals surface area (Å²) in [5.41, 5.74) is 1.96. The minimum Gasteiger partial charge on any atom is -0.456 e. The molecule has 1 aliphatic heterocycles. The summed E-state index contributed by atoms with van der Waals surface area (Å²) in [7, 11) is -0.568. The summed E-state index contributed by atoms with van der Waals surface area (Å²) in [6.45, 7) is 0. The van der Waals surface area contributed by atoms with Gasteiger partial charge in [-0.25, -0.2) is 12.7 Å². The minimum atomic E-state index is -3.52. The second kappa shape index (κ2) is 7.14. The molecular weight excluding hydrogens is 414 g/mol. The number of carbonyl (C=O) groups excluding carboxylic acids is 2. The minimum absolute atomic E-state index is 0.185. The predicted molar refractivity (Wildman–Crippen MR) is 109 cm³/mol. The number of aromatic nitrogens is 1. The van der Waals surface area contributed by atoms with Crippen molar-refractivity contribution in [1.29, 1.82) is 0 Å². The van der Waals surface area contributed by atoms with Crippen LogP contribution in [0.25, 0.3) is 28.2 Å². The first-order chi connectivity index (χ1) is 13.8. The number of carbonyl (C=O) groups is 2. The largest absolute Gasteiger partial charge is 0.456 e. The Balaban J connectivity index is 1.74. The Bertz CT molecular complexity index is 1270. The highest BCUT2D eigenvalue weighted by Gasteiger charge is 2.25. The number of hydrogen-bond acceptors (Lipinski definition) is 7. The van der Waals surface area contributed by atoms with Crippen molar-refractivity contribution in [3.05, 3.63) is 53.4 Å². The van der Waals surface area contributed by atoms with Crippen LogP contribution in [0.1, 0.15) is 5.76 Å². The maximum Gasteiger partial charge on any atom is 0.290 e. The van der Waals surface area contributed by atoms with Crippen molar-refractivity contribution in [2.45, 2.75) is 4.90 Å². The molecule has 0 atom stereocenters. The molecule has 0 radical (unpaired) electrons. The molecule has 1 saturated heterocycles. The van der Waals surface area contributed by atoms with Crippen LogP contribution in [-0.4, -0.2) is 42.9 Å². The number of furan rings is 1. The average Bonchev–Trinajstić information content (AvgIpc) is 3.23. The van der Waals surface area contributed by atoms with E-state index in [4.69, 9.17) is 4.42 Å². The Hall–Kier alpha value is -2.95. The fourth-order valence-corrected chi connectivity index (χ4v) is 4.39. The van der Waals surface area contributed by atoms with Crippen molar-refractivity contribution in [3.8, 4) is 11.1 Å². The quantitative estimate of drug-likeness (QED) is 0.635. The van der Waals surface area contributed by atoms with Crippen molar-refractivity contribution in [2.24, 2.45) is 0 Å². The number of fused-ring (bicyclic) bond motifs is 1. The van der Waals surface area contributed by atoms with Crippen LogP contribution in [-0.2, 0) is 14.8 Å². The van der Waals surface area contributed by atoms with Gasteiger partial charge in [-0.1, -0.05) is 12.1 Å². The average molecular weight is 429 g/mol. The van der Waals surface area contributed by atoms with Gasteiger partial charge in [0.05, 0.1) is 9.80 Å². The Morgan fingerprint density at radius 3 is 2.48 bits per heavy atom. The molecule has 1 N–H and O–H groups in total. The molecule has 10 heteroatoms.